The van der Waals surface area contributed by atoms with Gasteiger partial charge in [-0.15, -0.1) is 0 Å². The molecule has 1 rings (SSSR count). The second kappa shape index (κ2) is 3.44. The van der Waals surface area contributed by atoms with Gasteiger partial charge in [0.25, 0.3) is 0 Å². The first-order chi connectivity index (χ1) is 5.58. The van der Waals surface area contributed by atoms with E-state index in [1.807, 2.05) is 0 Å². The minimum Gasteiger partial charge on any atom is -0.481 e. The standard InChI is InChI=1S/C9H16O3/c1-9(8(10)11)5-3-4-7(6-9)12-2/h7H,3-6H2,1-2H3,(H,10,11)/t7-,9+/m1/s1. The van der Waals surface area contributed by atoms with Crippen LogP contribution in [0.25, 0.3) is 0 Å². The number of methoxy groups -OCH3 is 1. The van der Waals surface area contributed by atoms with E-state index in [0.29, 0.717) is 6.42 Å². The third-order valence-electron chi connectivity index (χ3n) is 2.78. The fraction of sp³-hybridized carbons (Fsp3) is 0.889. The molecule has 12 heavy (non-hydrogen) atoms. The summed E-state index contributed by atoms with van der Waals surface area (Å²) in [5.74, 6) is -0.691. The van der Waals surface area contributed by atoms with Gasteiger partial charge in [0.05, 0.1) is 11.5 Å². The molecule has 0 unspecified atom stereocenters. The number of aliphatic carboxylic acids is 1. The highest BCUT2D eigenvalue weighted by molar-refractivity contribution is 5.74. The summed E-state index contributed by atoms with van der Waals surface area (Å²) in [5.41, 5.74) is -0.557. The molecule has 0 aliphatic heterocycles. The van der Waals surface area contributed by atoms with E-state index >= 15 is 0 Å². The van der Waals surface area contributed by atoms with Crippen molar-refractivity contribution in [1.29, 1.82) is 0 Å². The Morgan fingerprint density at radius 1 is 1.67 bits per heavy atom. The van der Waals surface area contributed by atoms with Gasteiger partial charge in [0.1, 0.15) is 0 Å². The zero-order valence-corrected chi connectivity index (χ0v) is 7.67. The molecule has 0 amide bonds. The van der Waals surface area contributed by atoms with E-state index in [1.54, 1.807) is 14.0 Å². The Morgan fingerprint density at radius 2 is 2.33 bits per heavy atom. The first-order valence-electron chi connectivity index (χ1n) is 4.35. The van der Waals surface area contributed by atoms with Crippen LogP contribution >= 0.6 is 0 Å². The minimum absolute atomic E-state index is 0.139. The lowest BCUT2D eigenvalue weighted by molar-refractivity contribution is -0.152. The molecule has 0 radical (unpaired) electrons. The largest absolute Gasteiger partial charge is 0.481 e. The maximum atomic E-state index is 10.9. The fourth-order valence-electron chi connectivity index (χ4n) is 1.82. The van der Waals surface area contributed by atoms with Crippen LogP contribution in [-0.4, -0.2) is 24.3 Å². The highest BCUT2D eigenvalue weighted by Gasteiger charge is 2.38. The third-order valence-corrected chi connectivity index (χ3v) is 2.78. The van der Waals surface area contributed by atoms with Gasteiger partial charge in [-0.25, -0.2) is 0 Å². The average Bonchev–Trinajstić information content (AvgIpc) is 2.04. The van der Waals surface area contributed by atoms with Gasteiger partial charge < -0.3 is 9.84 Å². The highest BCUT2D eigenvalue weighted by Crippen LogP contribution is 2.36. The number of carboxylic acid groups (broad SMARTS) is 1. The van der Waals surface area contributed by atoms with E-state index in [9.17, 15) is 4.79 Å². The van der Waals surface area contributed by atoms with Gasteiger partial charge >= 0.3 is 5.97 Å². The Kier molecular flexibility index (Phi) is 2.73. The van der Waals surface area contributed by atoms with Crippen LogP contribution in [0.2, 0.25) is 0 Å². The molecular weight excluding hydrogens is 156 g/mol. The van der Waals surface area contributed by atoms with Crippen LogP contribution in [0.4, 0.5) is 0 Å². The highest BCUT2D eigenvalue weighted by atomic mass is 16.5. The molecule has 3 heteroatoms. The number of hydrogen-bond acceptors (Lipinski definition) is 2. The van der Waals surface area contributed by atoms with Crippen LogP contribution in [-0.2, 0) is 9.53 Å². The minimum atomic E-state index is -0.691. The molecule has 1 fully saturated rings. The Bertz CT molecular complexity index is 179. The van der Waals surface area contributed by atoms with Crippen LogP contribution in [0.1, 0.15) is 32.6 Å². The van der Waals surface area contributed by atoms with Crippen molar-refractivity contribution in [2.75, 3.05) is 7.11 Å². The zero-order valence-electron chi connectivity index (χ0n) is 7.67. The molecule has 2 atom stereocenters. The Hall–Kier alpha value is -0.570. The van der Waals surface area contributed by atoms with Crippen molar-refractivity contribution in [2.24, 2.45) is 5.41 Å². The lowest BCUT2D eigenvalue weighted by atomic mass is 9.74. The molecule has 1 N–H and O–H groups in total. The van der Waals surface area contributed by atoms with Gasteiger partial charge in [0.15, 0.2) is 0 Å². The van der Waals surface area contributed by atoms with Crippen molar-refractivity contribution in [3.63, 3.8) is 0 Å². The van der Waals surface area contributed by atoms with Crippen molar-refractivity contribution in [2.45, 2.75) is 38.7 Å². The number of carboxylic acids is 1. The summed E-state index contributed by atoms with van der Waals surface area (Å²) in [6, 6.07) is 0. The monoisotopic (exact) mass is 172 g/mol. The summed E-state index contributed by atoms with van der Waals surface area (Å²) in [7, 11) is 1.65. The average molecular weight is 172 g/mol. The second-order valence-corrected chi connectivity index (χ2v) is 3.82. The van der Waals surface area contributed by atoms with Gasteiger partial charge in [0, 0.05) is 7.11 Å². The van der Waals surface area contributed by atoms with E-state index < -0.39 is 11.4 Å². The summed E-state index contributed by atoms with van der Waals surface area (Å²) < 4.78 is 5.17. The van der Waals surface area contributed by atoms with Crippen LogP contribution < -0.4 is 0 Å². The predicted molar refractivity (Wildman–Crippen MR) is 45.0 cm³/mol. The summed E-state index contributed by atoms with van der Waals surface area (Å²) in [6.45, 7) is 1.81. The predicted octanol–water partition coefficient (Wildman–Crippen LogP) is 1.67. The normalized spacial score (nSPS) is 36.3. The summed E-state index contributed by atoms with van der Waals surface area (Å²) >= 11 is 0. The Labute approximate surface area is 72.7 Å². The van der Waals surface area contributed by atoms with Crippen LogP contribution in [0.3, 0.4) is 0 Å². The van der Waals surface area contributed by atoms with Crippen molar-refractivity contribution in [3.05, 3.63) is 0 Å². The van der Waals surface area contributed by atoms with Crippen molar-refractivity contribution < 1.29 is 14.6 Å². The summed E-state index contributed by atoms with van der Waals surface area (Å²) in [6.07, 6.45) is 3.53. The topological polar surface area (TPSA) is 46.5 Å². The number of hydrogen-bond donors (Lipinski definition) is 1. The molecule has 70 valence electrons. The maximum absolute atomic E-state index is 10.9. The zero-order chi connectivity index (χ0) is 9.19. The molecular formula is C9H16O3. The van der Waals surface area contributed by atoms with E-state index in [0.717, 1.165) is 19.3 Å². The van der Waals surface area contributed by atoms with E-state index in [1.165, 1.54) is 0 Å². The molecule has 0 heterocycles. The molecule has 1 aliphatic carbocycles. The number of rotatable bonds is 2. The summed E-state index contributed by atoms with van der Waals surface area (Å²) in [5, 5.41) is 8.96. The third kappa shape index (κ3) is 1.78. The maximum Gasteiger partial charge on any atom is 0.309 e. The molecule has 0 saturated heterocycles. The molecule has 1 aliphatic rings. The molecule has 0 aromatic heterocycles. The van der Waals surface area contributed by atoms with Gasteiger partial charge in [-0.2, -0.15) is 0 Å². The van der Waals surface area contributed by atoms with E-state index in [4.69, 9.17) is 9.84 Å². The fourth-order valence-corrected chi connectivity index (χ4v) is 1.82. The Morgan fingerprint density at radius 3 is 2.83 bits per heavy atom. The molecule has 0 aromatic rings. The van der Waals surface area contributed by atoms with Crippen molar-refractivity contribution in [1.82, 2.24) is 0 Å². The molecule has 0 aromatic carbocycles. The van der Waals surface area contributed by atoms with Gasteiger partial charge in [-0.05, 0) is 32.6 Å². The van der Waals surface area contributed by atoms with E-state index in [-0.39, 0.29) is 6.10 Å². The van der Waals surface area contributed by atoms with Gasteiger partial charge in [-0.3, -0.25) is 4.79 Å². The molecule has 0 bridgehead atoms. The molecule has 1 saturated carbocycles. The van der Waals surface area contributed by atoms with Crippen LogP contribution in [0.5, 0.6) is 0 Å². The van der Waals surface area contributed by atoms with Crippen molar-refractivity contribution in [3.8, 4) is 0 Å². The smallest absolute Gasteiger partial charge is 0.309 e. The Balaban J connectivity index is 2.61. The number of carbonyl (C=O) groups is 1. The van der Waals surface area contributed by atoms with Gasteiger partial charge in [0.2, 0.25) is 0 Å². The van der Waals surface area contributed by atoms with Crippen LogP contribution in [0.15, 0.2) is 0 Å². The first kappa shape index (κ1) is 9.52. The first-order valence-corrected chi connectivity index (χ1v) is 4.35. The van der Waals surface area contributed by atoms with Gasteiger partial charge in [-0.1, -0.05) is 0 Å². The van der Waals surface area contributed by atoms with Crippen LogP contribution in [0, 0.1) is 5.41 Å². The molecule has 3 nitrogen and oxygen atoms in total. The SMILES string of the molecule is CO[C@@H]1CCC[C@](C)(C(=O)O)C1. The second-order valence-electron chi connectivity index (χ2n) is 3.82. The van der Waals surface area contributed by atoms with E-state index in [2.05, 4.69) is 0 Å². The van der Waals surface area contributed by atoms with Crippen molar-refractivity contribution >= 4 is 5.97 Å². The lowest BCUT2D eigenvalue weighted by Gasteiger charge is -2.33. The lowest BCUT2D eigenvalue weighted by Crippen LogP contribution is -2.36. The number of ether oxygens (including phenoxy) is 1. The quantitative estimate of drug-likeness (QED) is 0.689. The summed E-state index contributed by atoms with van der Waals surface area (Å²) in [4.78, 5) is 10.9. The molecule has 0 spiro atoms.